The van der Waals surface area contributed by atoms with Gasteiger partial charge in [0.2, 0.25) is 0 Å². The summed E-state index contributed by atoms with van der Waals surface area (Å²) in [5.41, 5.74) is 1.79. The van der Waals surface area contributed by atoms with Gasteiger partial charge in [-0.1, -0.05) is 12.1 Å². The molecular weight excluding hydrogens is 242 g/mol. The standard InChI is InChI=1S/C15H11NO3/c16-14-12-7-10(18)5-6-11(12)15(19)13(14)8-1-3-9(17)4-2-8/h1-7,13,16-18H. The lowest BCUT2D eigenvalue weighted by molar-refractivity contribution is 0.0988. The molecule has 2 aromatic rings. The van der Waals surface area contributed by atoms with Gasteiger partial charge in [0.15, 0.2) is 5.78 Å². The van der Waals surface area contributed by atoms with Crippen LogP contribution in [0.5, 0.6) is 11.5 Å². The van der Waals surface area contributed by atoms with Crippen LogP contribution < -0.4 is 0 Å². The van der Waals surface area contributed by atoms with Crippen LogP contribution in [0.25, 0.3) is 0 Å². The van der Waals surface area contributed by atoms with Gasteiger partial charge in [-0.05, 0) is 35.9 Å². The summed E-state index contributed by atoms with van der Waals surface area (Å²) in [7, 11) is 0. The summed E-state index contributed by atoms with van der Waals surface area (Å²) in [5.74, 6) is -0.637. The van der Waals surface area contributed by atoms with E-state index in [1.807, 2.05) is 0 Å². The van der Waals surface area contributed by atoms with Gasteiger partial charge in [-0.2, -0.15) is 0 Å². The van der Waals surface area contributed by atoms with Crippen LogP contribution >= 0.6 is 0 Å². The smallest absolute Gasteiger partial charge is 0.176 e. The number of Topliss-reactive ketones (excluding diaryl/α,β-unsaturated/α-hetero) is 1. The van der Waals surface area contributed by atoms with Crippen LogP contribution in [0.2, 0.25) is 0 Å². The molecule has 3 N–H and O–H groups in total. The normalized spacial score (nSPS) is 17.6. The second-order valence-electron chi connectivity index (χ2n) is 4.53. The van der Waals surface area contributed by atoms with Crippen LogP contribution in [0.1, 0.15) is 27.4 Å². The van der Waals surface area contributed by atoms with Crippen molar-refractivity contribution in [3.8, 4) is 11.5 Å². The fourth-order valence-corrected chi connectivity index (χ4v) is 2.40. The lowest BCUT2D eigenvalue weighted by Crippen LogP contribution is -2.12. The summed E-state index contributed by atoms with van der Waals surface area (Å²) in [6.07, 6.45) is 0. The Morgan fingerprint density at radius 3 is 2.21 bits per heavy atom. The Hall–Kier alpha value is -2.62. The summed E-state index contributed by atoms with van der Waals surface area (Å²) >= 11 is 0. The van der Waals surface area contributed by atoms with Crippen LogP contribution in [0, 0.1) is 5.41 Å². The molecule has 1 aliphatic carbocycles. The third-order valence-electron chi connectivity index (χ3n) is 3.34. The van der Waals surface area contributed by atoms with Crippen molar-refractivity contribution >= 4 is 11.5 Å². The molecular formula is C15H11NO3. The number of carbonyl (C=O) groups is 1. The second-order valence-corrected chi connectivity index (χ2v) is 4.53. The van der Waals surface area contributed by atoms with E-state index < -0.39 is 5.92 Å². The van der Waals surface area contributed by atoms with Crippen molar-refractivity contribution in [3.05, 3.63) is 59.2 Å². The van der Waals surface area contributed by atoms with Gasteiger partial charge in [0, 0.05) is 11.1 Å². The largest absolute Gasteiger partial charge is 0.508 e. The van der Waals surface area contributed by atoms with Crippen LogP contribution in [0.15, 0.2) is 42.5 Å². The Kier molecular flexibility index (Phi) is 2.38. The Balaban J connectivity index is 2.10. The molecule has 0 saturated carbocycles. The van der Waals surface area contributed by atoms with E-state index in [1.165, 1.54) is 24.3 Å². The minimum absolute atomic E-state index is 0.0441. The summed E-state index contributed by atoms with van der Waals surface area (Å²) < 4.78 is 0. The molecule has 94 valence electrons. The molecule has 0 aromatic heterocycles. The van der Waals surface area contributed by atoms with E-state index in [9.17, 15) is 15.0 Å². The van der Waals surface area contributed by atoms with E-state index >= 15 is 0 Å². The molecule has 1 aliphatic rings. The first-order chi connectivity index (χ1) is 9.08. The Bertz CT molecular complexity index is 689. The monoisotopic (exact) mass is 253 g/mol. The maximum Gasteiger partial charge on any atom is 0.176 e. The minimum atomic E-state index is -0.655. The first-order valence-corrected chi connectivity index (χ1v) is 5.83. The van der Waals surface area contributed by atoms with E-state index in [0.29, 0.717) is 16.7 Å². The molecule has 0 heterocycles. The molecule has 19 heavy (non-hydrogen) atoms. The van der Waals surface area contributed by atoms with Gasteiger partial charge in [-0.3, -0.25) is 4.79 Å². The van der Waals surface area contributed by atoms with E-state index in [1.54, 1.807) is 18.2 Å². The molecule has 4 heteroatoms. The molecule has 1 unspecified atom stereocenters. The second kappa shape index (κ2) is 3.95. The lowest BCUT2D eigenvalue weighted by Gasteiger charge is -2.09. The number of hydrogen-bond acceptors (Lipinski definition) is 4. The van der Waals surface area contributed by atoms with Gasteiger partial charge in [0.1, 0.15) is 11.5 Å². The average molecular weight is 253 g/mol. The molecule has 4 nitrogen and oxygen atoms in total. The molecule has 0 amide bonds. The van der Waals surface area contributed by atoms with E-state index in [0.717, 1.165) is 0 Å². The lowest BCUT2D eigenvalue weighted by atomic mass is 9.94. The highest BCUT2D eigenvalue weighted by atomic mass is 16.3. The molecule has 0 fully saturated rings. The Labute approximate surface area is 109 Å². The summed E-state index contributed by atoms with van der Waals surface area (Å²) in [4.78, 5) is 12.3. The average Bonchev–Trinajstić information content (AvgIpc) is 2.63. The fraction of sp³-hybridized carbons (Fsp3) is 0.0667. The predicted molar refractivity (Wildman–Crippen MR) is 70.1 cm³/mol. The topological polar surface area (TPSA) is 81.4 Å². The highest BCUT2D eigenvalue weighted by Gasteiger charge is 2.36. The van der Waals surface area contributed by atoms with Crippen molar-refractivity contribution < 1.29 is 15.0 Å². The SMILES string of the molecule is N=C1c2cc(O)ccc2C(=O)C1c1ccc(O)cc1. The van der Waals surface area contributed by atoms with Crippen molar-refractivity contribution in [2.24, 2.45) is 0 Å². The van der Waals surface area contributed by atoms with E-state index in [2.05, 4.69) is 0 Å². The van der Waals surface area contributed by atoms with Crippen LogP contribution in [-0.2, 0) is 0 Å². The van der Waals surface area contributed by atoms with Crippen molar-refractivity contribution in [3.63, 3.8) is 0 Å². The fourth-order valence-electron chi connectivity index (χ4n) is 2.40. The number of benzene rings is 2. The van der Waals surface area contributed by atoms with Crippen molar-refractivity contribution in [1.29, 1.82) is 5.41 Å². The number of fused-ring (bicyclic) bond motifs is 1. The van der Waals surface area contributed by atoms with Crippen molar-refractivity contribution in [2.75, 3.05) is 0 Å². The van der Waals surface area contributed by atoms with Crippen molar-refractivity contribution in [2.45, 2.75) is 5.92 Å². The molecule has 0 radical (unpaired) electrons. The highest BCUT2D eigenvalue weighted by molar-refractivity contribution is 6.30. The first-order valence-electron chi connectivity index (χ1n) is 5.83. The molecule has 3 rings (SSSR count). The number of phenolic OH excluding ortho intramolecular Hbond substituents is 2. The molecule has 0 saturated heterocycles. The quantitative estimate of drug-likeness (QED) is 0.730. The summed E-state index contributed by atoms with van der Waals surface area (Å²) in [5, 5.41) is 26.8. The molecule has 0 bridgehead atoms. The minimum Gasteiger partial charge on any atom is -0.508 e. The van der Waals surface area contributed by atoms with Gasteiger partial charge >= 0.3 is 0 Å². The van der Waals surface area contributed by atoms with Crippen molar-refractivity contribution in [1.82, 2.24) is 0 Å². The summed E-state index contributed by atoms with van der Waals surface area (Å²) in [6, 6.07) is 10.7. The predicted octanol–water partition coefficient (Wildman–Crippen LogP) is 2.45. The third kappa shape index (κ3) is 1.69. The first kappa shape index (κ1) is 11.5. The zero-order valence-electron chi connectivity index (χ0n) is 9.92. The number of aromatic hydroxyl groups is 2. The molecule has 0 spiro atoms. The number of phenols is 2. The Morgan fingerprint density at radius 2 is 1.53 bits per heavy atom. The number of hydrogen-bond donors (Lipinski definition) is 3. The zero-order chi connectivity index (χ0) is 13.6. The number of ketones is 1. The van der Waals surface area contributed by atoms with Gasteiger partial charge in [-0.15, -0.1) is 0 Å². The number of carbonyl (C=O) groups excluding carboxylic acids is 1. The maximum absolute atomic E-state index is 12.3. The van der Waals surface area contributed by atoms with E-state index in [-0.39, 0.29) is 23.0 Å². The highest BCUT2D eigenvalue weighted by Crippen LogP contribution is 2.35. The van der Waals surface area contributed by atoms with Crippen LogP contribution in [0.4, 0.5) is 0 Å². The maximum atomic E-state index is 12.3. The van der Waals surface area contributed by atoms with E-state index in [4.69, 9.17) is 5.41 Å². The van der Waals surface area contributed by atoms with Gasteiger partial charge in [0.05, 0.1) is 11.6 Å². The third-order valence-corrected chi connectivity index (χ3v) is 3.34. The zero-order valence-corrected chi connectivity index (χ0v) is 9.92. The number of nitrogens with one attached hydrogen (secondary N) is 1. The van der Waals surface area contributed by atoms with Crippen LogP contribution in [0.3, 0.4) is 0 Å². The van der Waals surface area contributed by atoms with Gasteiger partial charge in [-0.25, -0.2) is 0 Å². The van der Waals surface area contributed by atoms with Crippen LogP contribution in [-0.4, -0.2) is 21.7 Å². The molecule has 2 aromatic carbocycles. The van der Waals surface area contributed by atoms with Gasteiger partial charge in [0.25, 0.3) is 0 Å². The summed E-state index contributed by atoms with van der Waals surface area (Å²) in [6.45, 7) is 0. The van der Waals surface area contributed by atoms with Gasteiger partial charge < -0.3 is 15.6 Å². The molecule has 1 atom stereocenters. The molecule has 0 aliphatic heterocycles. The Morgan fingerprint density at radius 1 is 0.895 bits per heavy atom. The number of rotatable bonds is 1.